The number of fused-ring (bicyclic) bond motifs is 2. The van der Waals surface area contributed by atoms with E-state index in [1.54, 1.807) is 0 Å². The highest BCUT2D eigenvalue weighted by Gasteiger charge is 2.59. The maximum Gasteiger partial charge on any atom is 0.302 e. The summed E-state index contributed by atoms with van der Waals surface area (Å²) >= 11 is 0. The quantitative estimate of drug-likeness (QED) is 0.441. The van der Waals surface area contributed by atoms with Crippen LogP contribution in [-0.2, 0) is 14.3 Å². The van der Waals surface area contributed by atoms with Gasteiger partial charge in [-0.2, -0.15) is 0 Å². The number of carbonyl (C=O) groups excluding carboxylic acids is 1. The zero-order chi connectivity index (χ0) is 14.5. The van der Waals surface area contributed by atoms with Gasteiger partial charge >= 0.3 is 5.97 Å². The first kappa shape index (κ1) is 14.1. The molecule has 1 saturated heterocycles. The van der Waals surface area contributed by atoms with Crippen LogP contribution in [0, 0.1) is 17.3 Å². The zero-order valence-electron chi connectivity index (χ0n) is 12.9. The number of esters is 1. The van der Waals surface area contributed by atoms with Gasteiger partial charge in [-0.3, -0.25) is 4.79 Å². The number of allylic oxidation sites excluding steroid dienone is 1. The molecule has 0 N–H and O–H groups in total. The molecule has 1 aliphatic heterocycles. The molecule has 1 heterocycles. The fraction of sp³-hybridized carbons (Fsp3) is 0.824. The Morgan fingerprint density at radius 2 is 2.20 bits per heavy atom. The lowest BCUT2D eigenvalue weighted by Crippen LogP contribution is -2.45. The average Bonchev–Trinajstić information content (AvgIpc) is 3.04. The summed E-state index contributed by atoms with van der Waals surface area (Å²) in [7, 11) is 0. The van der Waals surface area contributed by atoms with Gasteiger partial charge < -0.3 is 9.47 Å². The highest BCUT2D eigenvalue weighted by Crippen LogP contribution is 2.59. The van der Waals surface area contributed by atoms with E-state index in [2.05, 4.69) is 20.4 Å². The summed E-state index contributed by atoms with van der Waals surface area (Å²) in [6.45, 7) is 10.9. The standard InChI is InChI=1S/C17H26O3/c1-11-5-6-15-17(20-15,10-19-12(2)18)8-7-14-13(11)9-16(14,3)4/h13-15H,1,5-10H2,2-4H3/t13-,14-,15-,17+/m1/s1. The summed E-state index contributed by atoms with van der Waals surface area (Å²) < 4.78 is 11.2. The predicted molar refractivity (Wildman–Crippen MR) is 77.2 cm³/mol. The van der Waals surface area contributed by atoms with Gasteiger partial charge in [0.1, 0.15) is 12.2 Å². The van der Waals surface area contributed by atoms with Crippen molar-refractivity contribution in [3.05, 3.63) is 12.2 Å². The molecular formula is C17H26O3. The first-order valence-corrected chi connectivity index (χ1v) is 7.83. The molecule has 4 atom stereocenters. The van der Waals surface area contributed by atoms with E-state index in [0.717, 1.165) is 25.7 Å². The molecule has 20 heavy (non-hydrogen) atoms. The second kappa shape index (κ2) is 4.59. The Balaban J connectivity index is 1.70. The van der Waals surface area contributed by atoms with Crippen LogP contribution in [0.3, 0.4) is 0 Å². The number of rotatable bonds is 2. The summed E-state index contributed by atoms with van der Waals surface area (Å²) in [6, 6.07) is 0. The van der Waals surface area contributed by atoms with Gasteiger partial charge in [0.15, 0.2) is 0 Å². The molecule has 2 saturated carbocycles. The van der Waals surface area contributed by atoms with Crippen molar-refractivity contribution in [2.24, 2.45) is 17.3 Å². The maximum absolute atomic E-state index is 11.1. The van der Waals surface area contributed by atoms with Gasteiger partial charge in [-0.15, -0.1) is 0 Å². The number of hydrogen-bond acceptors (Lipinski definition) is 3. The average molecular weight is 278 g/mol. The molecule has 0 aromatic rings. The van der Waals surface area contributed by atoms with Gasteiger partial charge in [-0.1, -0.05) is 26.0 Å². The smallest absolute Gasteiger partial charge is 0.302 e. The first-order valence-electron chi connectivity index (χ1n) is 7.83. The van der Waals surface area contributed by atoms with Gasteiger partial charge in [0.2, 0.25) is 0 Å². The molecule has 0 spiro atoms. The molecule has 0 radical (unpaired) electrons. The summed E-state index contributed by atoms with van der Waals surface area (Å²) in [5, 5.41) is 0. The third-order valence-electron chi connectivity index (χ3n) is 5.79. The number of carbonyl (C=O) groups is 1. The van der Waals surface area contributed by atoms with Gasteiger partial charge in [0.05, 0.1) is 6.10 Å². The number of epoxide rings is 1. The maximum atomic E-state index is 11.1. The molecule has 2 aliphatic carbocycles. The van der Waals surface area contributed by atoms with E-state index in [1.165, 1.54) is 18.9 Å². The molecule has 3 fully saturated rings. The van der Waals surface area contributed by atoms with E-state index < -0.39 is 0 Å². The Bertz CT molecular complexity index is 440. The molecule has 3 heteroatoms. The highest BCUT2D eigenvalue weighted by atomic mass is 16.6. The lowest BCUT2D eigenvalue weighted by atomic mass is 9.52. The van der Waals surface area contributed by atoms with Crippen molar-refractivity contribution in [3.63, 3.8) is 0 Å². The summed E-state index contributed by atoms with van der Waals surface area (Å²) in [5.74, 6) is 1.21. The topological polar surface area (TPSA) is 38.8 Å². The predicted octanol–water partition coefficient (Wildman–Crippen LogP) is 3.48. The Hall–Kier alpha value is -0.830. The molecule has 112 valence electrons. The van der Waals surface area contributed by atoms with Crippen molar-refractivity contribution in [1.29, 1.82) is 0 Å². The Labute approximate surface area is 121 Å². The first-order chi connectivity index (χ1) is 9.34. The fourth-order valence-electron chi connectivity index (χ4n) is 4.38. The minimum atomic E-state index is -0.209. The second-order valence-electron chi connectivity index (χ2n) is 7.59. The van der Waals surface area contributed by atoms with Gasteiger partial charge in [0, 0.05) is 6.92 Å². The lowest BCUT2D eigenvalue weighted by molar-refractivity contribution is -0.143. The van der Waals surface area contributed by atoms with Crippen LogP contribution in [0.4, 0.5) is 0 Å². The Kier molecular flexibility index (Phi) is 3.24. The van der Waals surface area contributed by atoms with E-state index in [1.807, 2.05) is 0 Å². The van der Waals surface area contributed by atoms with E-state index in [9.17, 15) is 4.79 Å². The molecule has 0 unspecified atom stereocenters. The van der Waals surface area contributed by atoms with Crippen molar-refractivity contribution in [2.75, 3.05) is 6.61 Å². The summed E-state index contributed by atoms with van der Waals surface area (Å²) in [6.07, 6.45) is 5.81. The van der Waals surface area contributed by atoms with Crippen LogP contribution >= 0.6 is 0 Å². The van der Waals surface area contributed by atoms with E-state index in [0.29, 0.717) is 23.9 Å². The molecule has 0 aromatic carbocycles. The summed E-state index contributed by atoms with van der Waals surface area (Å²) in [4.78, 5) is 11.1. The molecule has 3 aliphatic rings. The van der Waals surface area contributed by atoms with Crippen LogP contribution < -0.4 is 0 Å². The third kappa shape index (κ3) is 2.30. The highest BCUT2D eigenvalue weighted by molar-refractivity contribution is 5.66. The SMILES string of the molecule is C=C1CC[C@H]2O[C@]2(COC(C)=O)CC[C@@H]2[C@@H]1CC2(C)C. The molecule has 0 bridgehead atoms. The van der Waals surface area contributed by atoms with Crippen LogP contribution in [-0.4, -0.2) is 24.3 Å². The van der Waals surface area contributed by atoms with Crippen LogP contribution in [0.1, 0.15) is 52.9 Å². The fourth-order valence-corrected chi connectivity index (χ4v) is 4.38. The van der Waals surface area contributed by atoms with E-state index >= 15 is 0 Å². The minimum absolute atomic E-state index is 0.188. The van der Waals surface area contributed by atoms with Crippen molar-refractivity contribution in [2.45, 2.75) is 64.6 Å². The zero-order valence-corrected chi connectivity index (χ0v) is 12.9. The third-order valence-corrected chi connectivity index (χ3v) is 5.79. The molecule has 0 aromatic heterocycles. The van der Waals surface area contributed by atoms with Crippen molar-refractivity contribution in [3.8, 4) is 0 Å². The van der Waals surface area contributed by atoms with Crippen molar-refractivity contribution < 1.29 is 14.3 Å². The van der Waals surface area contributed by atoms with Gasteiger partial charge in [-0.05, 0) is 49.4 Å². The largest absolute Gasteiger partial charge is 0.463 e. The van der Waals surface area contributed by atoms with Crippen LogP contribution in [0.5, 0.6) is 0 Å². The minimum Gasteiger partial charge on any atom is -0.463 e. The van der Waals surface area contributed by atoms with E-state index in [4.69, 9.17) is 9.47 Å². The number of ether oxygens (including phenoxy) is 2. The van der Waals surface area contributed by atoms with Crippen LogP contribution in [0.2, 0.25) is 0 Å². The number of hydrogen-bond donors (Lipinski definition) is 0. The van der Waals surface area contributed by atoms with Crippen LogP contribution in [0.25, 0.3) is 0 Å². The van der Waals surface area contributed by atoms with Crippen molar-refractivity contribution >= 4 is 5.97 Å². The summed E-state index contributed by atoms with van der Waals surface area (Å²) in [5.41, 5.74) is 1.64. The molecule has 0 amide bonds. The Morgan fingerprint density at radius 3 is 2.85 bits per heavy atom. The monoisotopic (exact) mass is 278 g/mol. The van der Waals surface area contributed by atoms with Gasteiger partial charge in [-0.25, -0.2) is 0 Å². The van der Waals surface area contributed by atoms with Crippen LogP contribution in [0.15, 0.2) is 12.2 Å². The molecule has 3 rings (SSSR count). The van der Waals surface area contributed by atoms with Gasteiger partial charge in [0.25, 0.3) is 0 Å². The Morgan fingerprint density at radius 1 is 1.45 bits per heavy atom. The van der Waals surface area contributed by atoms with Crippen molar-refractivity contribution in [1.82, 2.24) is 0 Å². The van der Waals surface area contributed by atoms with E-state index in [-0.39, 0.29) is 17.7 Å². The second-order valence-corrected chi connectivity index (χ2v) is 7.59. The normalized spacial score (nSPS) is 42.1. The molecular weight excluding hydrogens is 252 g/mol. The molecule has 3 nitrogen and oxygen atoms in total. The lowest BCUT2D eigenvalue weighted by Gasteiger charge is -2.53.